The van der Waals surface area contributed by atoms with Crippen LogP contribution in [0.2, 0.25) is 0 Å². The van der Waals surface area contributed by atoms with Gasteiger partial charge >= 0.3 is 0 Å². The van der Waals surface area contributed by atoms with Crippen LogP contribution in [0.1, 0.15) is 11.1 Å². The van der Waals surface area contributed by atoms with Crippen molar-refractivity contribution in [2.24, 2.45) is 0 Å². The van der Waals surface area contributed by atoms with Crippen LogP contribution < -0.4 is 4.31 Å². The number of benzene rings is 3. The zero-order chi connectivity index (χ0) is 21.8. The van der Waals surface area contributed by atoms with Crippen LogP contribution in [0.25, 0.3) is 34.5 Å². The molecule has 4 aromatic rings. The van der Waals surface area contributed by atoms with E-state index in [1.54, 1.807) is 7.05 Å². The van der Waals surface area contributed by atoms with E-state index in [9.17, 15) is 8.42 Å². The molecular weight excluding hydrogens is 404 g/mol. The number of H-pyrrole nitrogens is 1. The van der Waals surface area contributed by atoms with Crippen molar-refractivity contribution in [3.63, 3.8) is 0 Å². The van der Waals surface area contributed by atoms with Crippen LogP contribution in [0.5, 0.6) is 0 Å². The number of nitrogens with one attached hydrogen (secondary N) is 1. The summed E-state index contributed by atoms with van der Waals surface area (Å²) in [5, 5.41) is 0. The first-order chi connectivity index (χ1) is 14.9. The quantitative estimate of drug-likeness (QED) is 0.415. The molecule has 4 nitrogen and oxygen atoms in total. The molecule has 0 saturated heterocycles. The molecule has 0 bridgehead atoms. The van der Waals surface area contributed by atoms with E-state index in [0.717, 1.165) is 33.5 Å². The fourth-order valence-corrected chi connectivity index (χ4v) is 4.02. The van der Waals surface area contributed by atoms with Gasteiger partial charge in [0.15, 0.2) is 0 Å². The van der Waals surface area contributed by atoms with Crippen LogP contribution in [0.3, 0.4) is 0 Å². The van der Waals surface area contributed by atoms with E-state index in [1.165, 1.54) is 10.6 Å². The average molecular weight is 429 g/mol. The van der Waals surface area contributed by atoms with Gasteiger partial charge in [-0.3, -0.25) is 4.31 Å². The van der Waals surface area contributed by atoms with Crippen LogP contribution in [0, 0.1) is 0 Å². The second-order valence-corrected chi connectivity index (χ2v) is 9.36. The molecule has 3 aromatic carbocycles. The van der Waals surface area contributed by atoms with Gasteiger partial charge in [0.25, 0.3) is 0 Å². The van der Waals surface area contributed by atoms with E-state index in [4.69, 9.17) is 0 Å². The number of hydrogen-bond acceptors (Lipinski definition) is 2. The molecule has 0 fully saturated rings. The van der Waals surface area contributed by atoms with E-state index >= 15 is 0 Å². The van der Waals surface area contributed by atoms with Gasteiger partial charge in [-0.05, 0) is 16.7 Å². The standard InChI is InChI=1S/C26H24N2O2S/c1-28(31(2,29)30)26-23(19-18-20-12-6-3-7-13-20)24(21-14-8-4-9-15-21)25(27-26)22-16-10-5-11-17-22/h3-19,27H,1-2H3/b19-18+. The Labute approximate surface area is 183 Å². The first-order valence-electron chi connectivity index (χ1n) is 9.99. The Bertz CT molecular complexity index is 1290. The van der Waals surface area contributed by atoms with Gasteiger partial charge in [-0.1, -0.05) is 103 Å². The summed E-state index contributed by atoms with van der Waals surface area (Å²) in [4.78, 5) is 3.40. The number of sulfonamides is 1. The van der Waals surface area contributed by atoms with E-state index in [1.807, 2.05) is 103 Å². The third-order valence-electron chi connectivity index (χ3n) is 5.20. The van der Waals surface area contributed by atoms with Gasteiger partial charge in [-0.2, -0.15) is 0 Å². The fourth-order valence-electron chi connectivity index (χ4n) is 3.55. The number of aromatic nitrogens is 1. The SMILES string of the molecule is CN(c1[nH]c(-c2ccccc2)c(-c2ccccc2)c1/C=C/c1ccccc1)S(C)(=O)=O. The molecule has 0 aliphatic carbocycles. The van der Waals surface area contributed by atoms with Gasteiger partial charge in [0.2, 0.25) is 10.0 Å². The van der Waals surface area contributed by atoms with Crippen molar-refractivity contribution in [2.75, 3.05) is 17.6 Å². The minimum atomic E-state index is -3.46. The highest BCUT2D eigenvalue weighted by molar-refractivity contribution is 7.92. The van der Waals surface area contributed by atoms with Gasteiger partial charge in [0, 0.05) is 18.2 Å². The van der Waals surface area contributed by atoms with E-state index < -0.39 is 10.0 Å². The van der Waals surface area contributed by atoms with Gasteiger partial charge in [-0.15, -0.1) is 0 Å². The van der Waals surface area contributed by atoms with Gasteiger partial charge in [0.1, 0.15) is 5.82 Å². The van der Waals surface area contributed by atoms with Gasteiger partial charge in [0.05, 0.1) is 11.9 Å². The second-order valence-electron chi connectivity index (χ2n) is 7.34. The molecule has 0 aliphatic heterocycles. The lowest BCUT2D eigenvalue weighted by atomic mass is 9.97. The Balaban J connectivity index is 2.01. The summed E-state index contributed by atoms with van der Waals surface area (Å²) < 4.78 is 26.2. The fraction of sp³-hybridized carbons (Fsp3) is 0.0769. The predicted octanol–water partition coefficient (Wildman–Crippen LogP) is 5.91. The highest BCUT2D eigenvalue weighted by Gasteiger charge is 2.24. The summed E-state index contributed by atoms with van der Waals surface area (Å²) in [5.41, 5.74) is 5.70. The molecule has 1 N–H and O–H groups in total. The Morgan fingerprint density at radius 1 is 0.742 bits per heavy atom. The summed E-state index contributed by atoms with van der Waals surface area (Å²) >= 11 is 0. The first-order valence-corrected chi connectivity index (χ1v) is 11.8. The number of aromatic amines is 1. The van der Waals surface area contributed by atoms with Crippen molar-refractivity contribution < 1.29 is 8.42 Å². The second kappa shape index (κ2) is 8.66. The Morgan fingerprint density at radius 3 is 1.81 bits per heavy atom. The molecule has 31 heavy (non-hydrogen) atoms. The highest BCUT2D eigenvalue weighted by Crippen LogP contribution is 2.41. The van der Waals surface area contributed by atoms with Crippen molar-refractivity contribution in [3.05, 3.63) is 102 Å². The van der Waals surface area contributed by atoms with Crippen molar-refractivity contribution in [1.82, 2.24) is 4.98 Å². The molecular formula is C26H24N2O2S. The lowest BCUT2D eigenvalue weighted by Gasteiger charge is -2.16. The maximum absolute atomic E-state index is 12.4. The zero-order valence-electron chi connectivity index (χ0n) is 17.5. The Hall–Kier alpha value is -3.57. The van der Waals surface area contributed by atoms with Gasteiger partial charge in [-0.25, -0.2) is 8.42 Å². The summed E-state index contributed by atoms with van der Waals surface area (Å²) in [6.45, 7) is 0. The molecule has 1 aromatic heterocycles. The van der Waals surface area contributed by atoms with E-state index in [2.05, 4.69) is 4.98 Å². The number of hydrogen-bond donors (Lipinski definition) is 1. The van der Waals surface area contributed by atoms with Crippen LogP contribution in [0.4, 0.5) is 5.82 Å². The molecule has 5 heteroatoms. The van der Waals surface area contributed by atoms with Crippen molar-refractivity contribution in [3.8, 4) is 22.4 Å². The van der Waals surface area contributed by atoms with Crippen LogP contribution >= 0.6 is 0 Å². The summed E-state index contributed by atoms with van der Waals surface area (Å²) in [6.07, 6.45) is 5.20. The van der Waals surface area contributed by atoms with Crippen LogP contribution in [-0.4, -0.2) is 26.7 Å². The minimum absolute atomic E-state index is 0.535. The van der Waals surface area contributed by atoms with Crippen LogP contribution in [-0.2, 0) is 10.0 Å². The normalized spacial score (nSPS) is 11.7. The monoisotopic (exact) mass is 428 g/mol. The molecule has 0 radical (unpaired) electrons. The van der Waals surface area contributed by atoms with Crippen molar-refractivity contribution in [2.45, 2.75) is 0 Å². The summed E-state index contributed by atoms with van der Waals surface area (Å²) in [7, 11) is -1.89. The largest absolute Gasteiger partial charge is 0.340 e. The maximum atomic E-state index is 12.4. The molecule has 1 heterocycles. The highest BCUT2D eigenvalue weighted by atomic mass is 32.2. The molecule has 0 saturated carbocycles. The molecule has 0 atom stereocenters. The van der Waals surface area contributed by atoms with Crippen molar-refractivity contribution >= 4 is 28.0 Å². The third kappa shape index (κ3) is 4.47. The topological polar surface area (TPSA) is 53.2 Å². The lowest BCUT2D eigenvalue weighted by molar-refractivity contribution is 0.600. The number of anilines is 1. The lowest BCUT2D eigenvalue weighted by Crippen LogP contribution is -2.25. The minimum Gasteiger partial charge on any atom is -0.340 e. The molecule has 0 unspecified atom stereocenters. The molecule has 0 spiro atoms. The molecule has 156 valence electrons. The molecule has 0 aliphatic rings. The predicted molar refractivity (Wildman–Crippen MR) is 130 cm³/mol. The Morgan fingerprint density at radius 2 is 1.26 bits per heavy atom. The number of rotatable bonds is 6. The van der Waals surface area contributed by atoms with Gasteiger partial charge < -0.3 is 4.98 Å². The smallest absolute Gasteiger partial charge is 0.233 e. The number of nitrogens with zero attached hydrogens (tertiary/aromatic N) is 1. The third-order valence-corrected chi connectivity index (χ3v) is 6.37. The van der Waals surface area contributed by atoms with E-state index in [-0.39, 0.29) is 0 Å². The first kappa shape index (κ1) is 20.7. The average Bonchev–Trinajstić information content (AvgIpc) is 3.17. The summed E-state index contributed by atoms with van der Waals surface area (Å²) in [6, 6.07) is 30.0. The van der Waals surface area contributed by atoms with E-state index in [0.29, 0.717) is 5.82 Å². The molecule has 4 rings (SSSR count). The maximum Gasteiger partial charge on any atom is 0.233 e. The van der Waals surface area contributed by atoms with Crippen LogP contribution in [0.15, 0.2) is 91.0 Å². The zero-order valence-corrected chi connectivity index (χ0v) is 18.3. The molecule has 0 amide bonds. The van der Waals surface area contributed by atoms with Crippen molar-refractivity contribution in [1.29, 1.82) is 0 Å². The summed E-state index contributed by atoms with van der Waals surface area (Å²) in [5.74, 6) is 0.535. The Kier molecular flexibility index (Phi) is 5.78.